The van der Waals surface area contributed by atoms with Crippen LogP contribution in [0.2, 0.25) is 0 Å². The summed E-state index contributed by atoms with van der Waals surface area (Å²) >= 11 is 0. The molecule has 0 fully saturated rings. The van der Waals surface area contributed by atoms with E-state index < -0.39 is 12.0 Å². The molecular formula is C11H23NO2. The molecule has 0 aliphatic heterocycles. The predicted octanol–water partition coefficient (Wildman–Crippen LogP) is 2.41. The van der Waals surface area contributed by atoms with Crippen LogP contribution >= 0.6 is 0 Å². The van der Waals surface area contributed by atoms with E-state index in [0.717, 1.165) is 19.3 Å². The van der Waals surface area contributed by atoms with Gasteiger partial charge < -0.3 is 5.11 Å². The second-order valence-electron chi connectivity index (χ2n) is 4.09. The van der Waals surface area contributed by atoms with Gasteiger partial charge in [-0.2, -0.15) is 0 Å². The Hall–Kier alpha value is -0.570. The summed E-state index contributed by atoms with van der Waals surface area (Å²) in [4.78, 5) is 10.9. The second kappa shape index (κ2) is 6.02. The maximum Gasteiger partial charge on any atom is 0.320 e. The van der Waals surface area contributed by atoms with Crippen molar-refractivity contribution >= 4 is 5.97 Å². The standard InChI is InChI=1S/C11H23NO2/c1-5-8-9(10(13)14)12-11(4,6-2)7-3/h9,12H,5-8H2,1-4H3,(H,13,14). The van der Waals surface area contributed by atoms with Crippen molar-refractivity contribution in [2.45, 2.75) is 65.0 Å². The summed E-state index contributed by atoms with van der Waals surface area (Å²) < 4.78 is 0. The van der Waals surface area contributed by atoms with Crippen LogP contribution in [0.4, 0.5) is 0 Å². The Balaban J connectivity index is 4.33. The summed E-state index contributed by atoms with van der Waals surface area (Å²) in [6.07, 6.45) is 3.51. The maximum atomic E-state index is 10.9. The Morgan fingerprint density at radius 1 is 1.36 bits per heavy atom. The van der Waals surface area contributed by atoms with Crippen molar-refractivity contribution in [3.63, 3.8) is 0 Å². The molecular weight excluding hydrogens is 178 g/mol. The van der Waals surface area contributed by atoms with E-state index in [1.54, 1.807) is 0 Å². The van der Waals surface area contributed by atoms with Crippen molar-refractivity contribution < 1.29 is 9.90 Å². The Morgan fingerprint density at radius 2 is 1.86 bits per heavy atom. The Morgan fingerprint density at radius 3 is 2.14 bits per heavy atom. The number of hydrogen-bond donors (Lipinski definition) is 2. The highest BCUT2D eigenvalue weighted by molar-refractivity contribution is 5.73. The molecule has 0 spiro atoms. The van der Waals surface area contributed by atoms with Crippen LogP contribution in [0.5, 0.6) is 0 Å². The second-order valence-corrected chi connectivity index (χ2v) is 4.09. The zero-order valence-corrected chi connectivity index (χ0v) is 9.76. The van der Waals surface area contributed by atoms with Crippen molar-refractivity contribution in [1.82, 2.24) is 5.32 Å². The Labute approximate surface area is 86.9 Å². The van der Waals surface area contributed by atoms with Gasteiger partial charge in [0.1, 0.15) is 6.04 Å². The molecule has 0 heterocycles. The van der Waals surface area contributed by atoms with Crippen LogP contribution in [0, 0.1) is 0 Å². The molecule has 2 N–H and O–H groups in total. The van der Waals surface area contributed by atoms with E-state index in [4.69, 9.17) is 5.11 Å². The summed E-state index contributed by atoms with van der Waals surface area (Å²) in [7, 11) is 0. The quantitative estimate of drug-likeness (QED) is 0.665. The minimum Gasteiger partial charge on any atom is -0.480 e. The van der Waals surface area contributed by atoms with Gasteiger partial charge >= 0.3 is 5.97 Å². The lowest BCUT2D eigenvalue weighted by Gasteiger charge is -2.31. The highest BCUT2D eigenvalue weighted by Gasteiger charge is 2.26. The first-order valence-electron chi connectivity index (χ1n) is 5.49. The molecule has 0 amide bonds. The summed E-state index contributed by atoms with van der Waals surface area (Å²) in [5, 5.41) is 12.2. The van der Waals surface area contributed by atoms with E-state index in [0.29, 0.717) is 6.42 Å². The number of aliphatic carboxylic acids is 1. The molecule has 84 valence electrons. The normalized spacial score (nSPS) is 14.0. The van der Waals surface area contributed by atoms with Gasteiger partial charge in [-0.1, -0.05) is 27.2 Å². The first kappa shape index (κ1) is 13.4. The number of carboxylic acids is 1. The van der Waals surface area contributed by atoms with Gasteiger partial charge in [-0.25, -0.2) is 0 Å². The number of carboxylic acid groups (broad SMARTS) is 1. The van der Waals surface area contributed by atoms with Crippen LogP contribution in [0.3, 0.4) is 0 Å². The molecule has 0 rings (SSSR count). The van der Waals surface area contributed by atoms with Crippen molar-refractivity contribution in [3.05, 3.63) is 0 Å². The molecule has 0 bridgehead atoms. The molecule has 0 aliphatic carbocycles. The van der Waals surface area contributed by atoms with Gasteiger partial charge in [0.05, 0.1) is 0 Å². The first-order valence-corrected chi connectivity index (χ1v) is 5.49. The number of rotatable bonds is 7. The zero-order valence-electron chi connectivity index (χ0n) is 9.76. The fourth-order valence-corrected chi connectivity index (χ4v) is 1.42. The average molecular weight is 201 g/mol. The predicted molar refractivity (Wildman–Crippen MR) is 58.5 cm³/mol. The average Bonchev–Trinajstić information content (AvgIpc) is 2.17. The van der Waals surface area contributed by atoms with Crippen LogP contribution in [0.15, 0.2) is 0 Å². The van der Waals surface area contributed by atoms with Crippen LogP contribution in [-0.4, -0.2) is 22.7 Å². The summed E-state index contributed by atoms with van der Waals surface area (Å²) in [6, 6.07) is -0.398. The fourth-order valence-electron chi connectivity index (χ4n) is 1.42. The van der Waals surface area contributed by atoms with E-state index in [1.165, 1.54) is 0 Å². The summed E-state index contributed by atoms with van der Waals surface area (Å²) in [5.74, 6) is -0.736. The van der Waals surface area contributed by atoms with Crippen molar-refractivity contribution in [2.24, 2.45) is 0 Å². The third-order valence-electron chi connectivity index (χ3n) is 2.96. The summed E-state index contributed by atoms with van der Waals surface area (Å²) in [6.45, 7) is 8.26. The molecule has 3 nitrogen and oxygen atoms in total. The molecule has 14 heavy (non-hydrogen) atoms. The van der Waals surface area contributed by atoms with Crippen molar-refractivity contribution in [2.75, 3.05) is 0 Å². The highest BCUT2D eigenvalue weighted by atomic mass is 16.4. The Bertz CT molecular complexity index is 176. The van der Waals surface area contributed by atoms with E-state index in [1.807, 2.05) is 6.92 Å². The molecule has 0 saturated heterocycles. The van der Waals surface area contributed by atoms with Gasteiger partial charge in [-0.15, -0.1) is 0 Å². The lowest BCUT2D eigenvalue weighted by Crippen LogP contribution is -2.50. The molecule has 1 atom stereocenters. The Kier molecular flexibility index (Phi) is 5.77. The van der Waals surface area contributed by atoms with Crippen LogP contribution in [0.1, 0.15) is 53.4 Å². The molecule has 0 aromatic carbocycles. The van der Waals surface area contributed by atoms with Crippen LogP contribution < -0.4 is 5.32 Å². The molecule has 0 aromatic rings. The monoisotopic (exact) mass is 201 g/mol. The smallest absolute Gasteiger partial charge is 0.320 e. The van der Waals surface area contributed by atoms with Crippen molar-refractivity contribution in [1.29, 1.82) is 0 Å². The minimum absolute atomic E-state index is 0.0434. The van der Waals surface area contributed by atoms with Gasteiger partial charge in [-0.05, 0) is 26.2 Å². The lowest BCUT2D eigenvalue weighted by atomic mass is 9.93. The van der Waals surface area contributed by atoms with E-state index in [9.17, 15) is 4.79 Å². The van der Waals surface area contributed by atoms with Crippen molar-refractivity contribution in [3.8, 4) is 0 Å². The number of hydrogen-bond acceptors (Lipinski definition) is 2. The molecule has 1 unspecified atom stereocenters. The number of carbonyl (C=O) groups is 1. The van der Waals surface area contributed by atoms with Gasteiger partial charge in [0, 0.05) is 5.54 Å². The third-order valence-corrected chi connectivity index (χ3v) is 2.96. The SMILES string of the molecule is CCCC(NC(C)(CC)CC)C(=O)O. The maximum absolute atomic E-state index is 10.9. The zero-order chi connectivity index (χ0) is 11.2. The minimum atomic E-state index is -0.736. The largest absolute Gasteiger partial charge is 0.480 e. The van der Waals surface area contributed by atoms with Crippen LogP contribution in [0.25, 0.3) is 0 Å². The number of nitrogens with one attached hydrogen (secondary N) is 1. The molecule has 0 saturated carbocycles. The molecule has 3 heteroatoms. The summed E-state index contributed by atoms with van der Waals surface area (Å²) in [5.41, 5.74) is -0.0434. The lowest BCUT2D eigenvalue weighted by molar-refractivity contribution is -0.140. The highest BCUT2D eigenvalue weighted by Crippen LogP contribution is 2.16. The van der Waals surface area contributed by atoms with Gasteiger partial charge in [-0.3, -0.25) is 10.1 Å². The van der Waals surface area contributed by atoms with E-state index in [2.05, 4.69) is 26.1 Å². The molecule has 0 radical (unpaired) electrons. The van der Waals surface area contributed by atoms with E-state index in [-0.39, 0.29) is 5.54 Å². The van der Waals surface area contributed by atoms with Gasteiger partial charge in [0.2, 0.25) is 0 Å². The fraction of sp³-hybridized carbons (Fsp3) is 0.909. The molecule has 0 aromatic heterocycles. The van der Waals surface area contributed by atoms with Gasteiger partial charge in [0.15, 0.2) is 0 Å². The van der Waals surface area contributed by atoms with Gasteiger partial charge in [0.25, 0.3) is 0 Å². The van der Waals surface area contributed by atoms with Crippen LogP contribution in [-0.2, 0) is 4.79 Å². The first-order chi connectivity index (χ1) is 6.49. The van der Waals surface area contributed by atoms with E-state index >= 15 is 0 Å². The third kappa shape index (κ3) is 4.09. The molecule has 0 aliphatic rings. The topological polar surface area (TPSA) is 49.3 Å².